The van der Waals surface area contributed by atoms with Crippen LogP contribution in [0.4, 0.5) is 4.39 Å². The Labute approximate surface area is 178 Å². The Kier molecular flexibility index (Phi) is 7.21. The van der Waals surface area contributed by atoms with Crippen LogP contribution < -0.4 is 25.1 Å². The Hall–Kier alpha value is -3.88. The molecule has 0 aliphatic heterocycles. The van der Waals surface area contributed by atoms with Crippen molar-refractivity contribution in [3.8, 4) is 28.5 Å². The average molecular weight is 427 g/mol. The highest BCUT2D eigenvalue weighted by Gasteiger charge is 2.11. The second-order valence-corrected chi connectivity index (χ2v) is 6.44. The molecule has 3 aromatic rings. The lowest BCUT2D eigenvalue weighted by molar-refractivity contribution is -0.123. The first-order valence-corrected chi connectivity index (χ1v) is 9.46. The summed E-state index contributed by atoms with van der Waals surface area (Å²) in [6.07, 6.45) is 0. The van der Waals surface area contributed by atoms with Gasteiger partial charge in [-0.1, -0.05) is 6.07 Å². The summed E-state index contributed by atoms with van der Waals surface area (Å²) in [6, 6.07) is 13.8. The molecular formula is C22H22FN3O5. The molecule has 3 rings (SSSR count). The molecule has 31 heavy (non-hydrogen) atoms. The number of carbonyl (C=O) groups is 1. The summed E-state index contributed by atoms with van der Waals surface area (Å²) in [5.74, 6) is 0.619. The van der Waals surface area contributed by atoms with E-state index in [1.54, 1.807) is 44.6 Å². The Morgan fingerprint density at radius 1 is 1.06 bits per heavy atom. The van der Waals surface area contributed by atoms with E-state index < -0.39 is 11.7 Å². The van der Waals surface area contributed by atoms with E-state index in [4.69, 9.17) is 14.2 Å². The van der Waals surface area contributed by atoms with Crippen LogP contribution in [0.25, 0.3) is 11.3 Å². The standard InChI is InChI=1S/C22H22FN3O5/c1-29-16-6-8-20(30-2)18(13-16)19-7-9-22(28)26(25-19)11-10-24-21(27)14-31-17-5-3-4-15(23)12-17/h3-9,12-13H,10-11,14H2,1-2H3,(H,24,27). The maximum Gasteiger partial charge on any atom is 0.266 e. The van der Waals surface area contributed by atoms with Crippen molar-refractivity contribution in [1.82, 2.24) is 15.1 Å². The van der Waals surface area contributed by atoms with Gasteiger partial charge in [0.1, 0.15) is 23.1 Å². The molecule has 9 heteroatoms. The van der Waals surface area contributed by atoms with Gasteiger partial charge in [0.05, 0.1) is 26.5 Å². The van der Waals surface area contributed by atoms with Gasteiger partial charge in [0.15, 0.2) is 6.61 Å². The summed E-state index contributed by atoms with van der Waals surface area (Å²) < 4.78 is 30.2. The van der Waals surface area contributed by atoms with Gasteiger partial charge >= 0.3 is 0 Å². The zero-order valence-corrected chi connectivity index (χ0v) is 17.1. The average Bonchev–Trinajstić information content (AvgIpc) is 2.78. The van der Waals surface area contributed by atoms with Gasteiger partial charge in [-0.2, -0.15) is 5.10 Å². The minimum atomic E-state index is -0.448. The second-order valence-electron chi connectivity index (χ2n) is 6.44. The number of nitrogens with zero attached hydrogens (tertiary/aromatic N) is 2. The topological polar surface area (TPSA) is 91.7 Å². The van der Waals surface area contributed by atoms with E-state index in [-0.39, 0.29) is 31.0 Å². The van der Waals surface area contributed by atoms with Crippen LogP contribution in [0.2, 0.25) is 0 Å². The largest absolute Gasteiger partial charge is 0.497 e. The molecule has 0 atom stereocenters. The van der Waals surface area contributed by atoms with E-state index in [1.165, 1.54) is 28.9 Å². The zero-order chi connectivity index (χ0) is 22.2. The number of rotatable bonds is 9. The van der Waals surface area contributed by atoms with Gasteiger partial charge in [-0.25, -0.2) is 9.07 Å². The van der Waals surface area contributed by atoms with Gasteiger partial charge in [0.2, 0.25) is 0 Å². The van der Waals surface area contributed by atoms with Crippen molar-refractivity contribution < 1.29 is 23.4 Å². The molecule has 0 saturated carbocycles. The lowest BCUT2D eigenvalue weighted by Crippen LogP contribution is -2.34. The fraction of sp³-hybridized carbons (Fsp3) is 0.227. The van der Waals surface area contributed by atoms with E-state index in [9.17, 15) is 14.0 Å². The van der Waals surface area contributed by atoms with Gasteiger partial charge in [-0.3, -0.25) is 9.59 Å². The van der Waals surface area contributed by atoms with Crippen LogP contribution in [-0.4, -0.2) is 43.1 Å². The van der Waals surface area contributed by atoms with E-state index in [2.05, 4.69) is 10.4 Å². The first-order valence-electron chi connectivity index (χ1n) is 9.46. The molecule has 0 aliphatic carbocycles. The van der Waals surface area contributed by atoms with Crippen molar-refractivity contribution in [2.75, 3.05) is 27.4 Å². The quantitative estimate of drug-likeness (QED) is 0.563. The second kappa shape index (κ2) is 10.2. The predicted molar refractivity (Wildman–Crippen MR) is 112 cm³/mol. The molecular weight excluding hydrogens is 405 g/mol. The molecule has 2 aromatic carbocycles. The number of nitrogens with one attached hydrogen (secondary N) is 1. The fourth-order valence-corrected chi connectivity index (χ4v) is 2.82. The minimum Gasteiger partial charge on any atom is -0.497 e. The van der Waals surface area contributed by atoms with Gasteiger partial charge in [-0.05, 0) is 36.4 Å². The number of hydrogen-bond acceptors (Lipinski definition) is 6. The summed E-state index contributed by atoms with van der Waals surface area (Å²) >= 11 is 0. The molecule has 162 valence electrons. The molecule has 1 N–H and O–H groups in total. The molecule has 0 saturated heterocycles. The van der Waals surface area contributed by atoms with E-state index in [0.717, 1.165) is 0 Å². The summed E-state index contributed by atoms with van der Waals surface area (Å²) in [4.78, 5) is 24.1. The third kappa shape index (κ3) is 5.81. The van der Waals surface area contributed by atoms with Crippen LogP contribution in [0, 0.1) is 5.82 Å². The minimum absolute atomic E-state index is 0.157. The third-order valence-corrected chi connectivity index (χ3v) is 4.36. The Morgan fingerprint density at radius 2 is 1.90 bits per heavy atom. The fourth-order valence-electron chi connectivity index (χ4n) is 2.82. The van der Waals surface area contributed by atoms with E-state index in [0.29, 0.717) is 22.8 Å². The maximum absolute atomic E-state index is 13.1. The summed E-state index contributed by atoms with van der Waals surface area (Å²) in [6.45, 7) is 0.0500. The Balaban J connectivity index is 1.62. The summed E-state index contributed by atoms with van der Waals surface area (Å²) in [5.41, 5.74) is 0.884. The molecule has 0 aliphatic rings. The number of halogens is 1. The van der Waals surface area contributed by atoms with Crippen LogP contribution in [0.1, 0.15) is 0 Å². The number of amides is 1. The van der Waals surface area contributed by atoms with Crippen molar-refractivity contribution in [2.45, 2.75) is 6.54 Å². The third-order valence-electron chi connectivity index (χ3n) is 4.36. The SMILES string of the molecule is COc1ccc(OC)c(-c2ccc(=O)n(CCNC(=O)COc3cccc(F)c3)n2)c1. The van der Waals surface area contributed by atoms with Crippen molar-refractivity contribution >= 4 is 5.91 Å². The first kappa shape index (κ1) is 21.8. The molecule has 0 spiro atoms. The molecule has 1 heterocycles. The number of benzene rings is 2. The molecule has 1 aromatic heterocycles. The summed E-state index contributed by atoms with van der Waals surface area (Å²) in [7, 11) is 3.10. The predicted octanol–water partition coefficient (Wildman–Crippen LogP) is 2.26. The number of hydrogen-bond donors (Lipinski definition) is 1. The number of ether oxygens (including phenoxy) is 3. The molecule has 1 amide bonds. The normalized spacial score (nSPS) is 10.4. The van der Waals surface area contributed by atoms with Crippen molar-refractivity contribution in [2.24, 2.45) is 0 Å². The smallest absolute Gasteiger partial charge is 0.266 e. The van der Waals surface area contributed by atoms with E-state index in [1.807, 2.05) is 0 Å². The van der Waals surface area contributed by atoms with Gasteiger partial charge in [-0.15, -0.1) is 0 Å². The van der Waals surface area contributed by atoms with Gasteiger partial charge < -0.3 is 19.5 Å². The zero-order valence-electron chi connectivity index (χ0n) is 17.1. The molecule has 0 unspecified atom stereocenters. The first-order chi connectivity index (χ1) is 15.0. The van der Waals surface area contributed by atoms with Crippen LogP contribution in [0.5, 0.6) is 17.2 Å². The summed E-state index contributed by atoms with van der Waals surface area (Å²) in [5, 5.41) is 7.01. The van der Waals surface area contributed by atoms with Crippen LogP contribution >= 0.6 is 0 Å². The van der Waals surface area contributed by atoms with Crippen molar-refractivity contribution in [3.63, 3.8) is 0 Å². The van der Waals surface area contributed by atoms with Crippen molar-refractivity contribution in [3.05, 3.63) is 70.8 Å². The Morgan fingerprint density at radius 3 is 2.65 bits per heavy atom. The lowest BCUT2D eigenvalue weighted by atomic mass is 10.1. The number of aromatic nitrogens is 2. The van der Waals surface area contributed by atoms with Gasteiger partial charge in [0, 0.05) is 24.2 Å². The molecule has 0 bridgehead atoms. The number of methoxy groups -OCH3 is 2. The highest BCUT2D eigenvalue weighted by molar-refractivity contribution is 5.77. The highest BCUT2D eigenvalue weighted by atomic mass is 19.1. The van der Waals surface area contributed by atoms with Gasteiger partial charge in [0.25, 0.3) is 11.5 Å². The molecule has 0 fully saturated rings. The Bertz CT molecular complexity index is 1120. The number of carbonyl (C=O) groups excluding carboxylic acids is 1. The monoisotopic (exact) mass is 427 g/mol. The van der Waals surface area contributed by atoms with E-state index >= 15 is 0 Å². The highest BCUT2D eigenvalue weighted by Crippen LogP contribution is 2.31. The molecule has 8 nitrogen and oxygen atoms in total. The maximum atomic E-state index is 13.1. The molecule has 0 radical (unpaired) electrons. The van der Waals surface area contributed by atoms with Crippen LogP contribution in [0.3, 0.4) is 0 Å². The van der Waals surface area contributed by atoms with Crippen LogP contribution in [0.15, 0.2) is 59.4 Å². The lowest BCUT2D eigenvalue weighted by Gasteiger charge is -2.12. The van der Waals surface area contributed by atoms with Crippen molar-refractivity contribution in [1.29, 1.82) is 0 Å². The van der Waals surface area contributed by atoms with Crippen LogP contribution in [-0.2, 0) is 11.3 Å².